The van der Waals surface area contributed by atoms with Crippen molar-refractivity contribution in [2.45, 2.75) is 30.4 Å². The molecule has 0 aromatic carbocycles. The summed E-state index contributed by atoms with van der Waals surface area (Å²) >= 11 is 4.98. The maximum absolute atomic E-state index is 4.52. The Kier molecular flexibility index (Phi) is 5.36. The quantitative estimate of drug-likeness (QED) is 0.900. The van der Waals surface area contributed by atoms with Gasteiger partial charge in [0.05, 0.1) is 0 Å². The molecule has 0 bridgehead atoms. The largest absolute Gasteiger partial charge is 0.313 e. The van der Waals surface area contributed by atoms with Gasteiger partial charge in [0.1, 0.15) is 10.1 Å². The SMILES string of the molecule is CCNCc1cnc(Sc2ccc(Br)cn2)c(C)c1. The molecule has 0 aliphatic carbocycles. The van der Waals surface area contributed by atoms with Gasteiger partial charge in [-0.05, 0) is 64.4 Å². The predicted octanol–water partition coefficient (Wildman–Crippen LogP) is 3.81. The van der Waals surface area contributed by atoms with Crippen molar-refractivity contribution in [3.05, 3.63) is 46.2 Å². The van der Waals surface area contributed by atoms with Crippen LogP contribution in [0.5, 0.6) is 0 Å². The normalized spacial score (nSPS) is 10.7. The van der Waals surface area contributed by atoms with Crippen LogP contribution in [0.4, 0.5) is 0 Å². The lowest BCUT2D eigenvalue weighted by Crippen LogP contribution is -2.12. The molecule has 19 heavy (non-hydrogen) atoms. The summed E-state index contributed by atoms with van der Waals surface area (Å²) in [5, 5.41) is 5.27. The van der Waals surface area contributed by atoms with Crippen molar-refractivity contribution in [1.82, 2.24) is 15.3 Å². The Balaban J connectivity index is 2.10. The molecule has 100 valence electrons. The Hall–Kier alpha value is -0.910. The third-order valence-electron chi connectivity index (χ3n) is 2.57. The summed E-state index contributed by atoms with van der Waals surface area (Å²) in [7, 11) is 0. The standard InChI is InChI=1S/C14H16BrN3S/c1-3-16-7-11-6-10(2)14(18-8-11)19-13-5-4-12(15)9-17-13/h4-6,8-9,16H,3,7H2,1-2H3. The molecule has 0 aliphatic rings. The lowest BCUT2D eigenvalue weighted by Gasteiger charge is -2.07. The molecule has 0 atom stereocenters. The van der Waals surface area contributed by atoms with Crippen LogP contribution in [0.15, 0.2) is 45.1 Å². The van der Waals surface area contributed by atoms with Gasteiger partial charge in [-0.2, -0.15) is 0 Å². The van der Waals surface area contributed by atoms with E-state index >= 15 is 0 Å². The molecule has 0 radical (unpaired) electrons. The number of halogens is 1. The summed E-state index contributed by atoms with van der Waals surface area (Å²) < 4.78 is 0.988. The topological polar surface area (TPSA) is 37.8 Å². The summed E-state index contributed by atoms with van der Waals surface area (Å²) in [5.74, 6) is 0. The number of nitrogens with one attached hydrogen (secondary N) is 1. The number of aromatic nitrogens is 2. The molecule has 2 aromatic rings. The molecule has 0 spiro atoms. The third-order valence-corrected chi connectivity index (χ3v) is 4.11. The van der Waals surface area contributed by atoms with E-state index in [-0.39, 0.29) is 0 Å². The monoisotopic (exact) mass is 337 g/mol. The fraction of sp³-hybridized carbons (Fsp3) is 0.286. The minimum Gasteiger partial charge on any atom is -0.313 e. The van der Waals surface area contributed by atoms with Crippen LogP contribution in [0.25, 0.3) is 0 Å². The molecule has 0 unspecified atom stereocenters. The van der Waals surface area contributed by atoms with Crippen molar-refractivity contribution in [3.63, 3.8) is 0 Å². The van der Waals surface area contributed by atoms with E-state index in [1.165, 1.54) is 11.1 Å². The lowest BCUT2D eigenvalue weighted by atomic mass is 10.2. The number of nitrogens with zero attached hydrogens (tertiary/aromatic N) is 2. The van der Waals surface area contributed by atoms with Crippen LogP contribution in [-0.2, 0) is 6.54 Å². The molecule has 2 heterocycles. The zero-order chi connectivity index (χ0) is 13.7. The highest BCUT2D eigenvalue weighted by atomic mass is 79.9. The van der Waals surface area contributed by atoms with Gasteiger partial charge in [-0.25, -0.2) is 9.97 Å². The van der Waals surface area contributed by atoms with Crippen LogP contribution in [0.2, 0.25) is 0 Å². The summed E-state index contributed by atoms with van der Waals surface area (Å²) in [4.78, 5) is 8.87. The van der Waals surface area contributed by atoms with Gasteiger partial charge in [-0.15, -0.1) is 0 Å². The number of rotatable bonds is 5. The van der Waals surface area contributed by atoms with Crippen molar-refractivity contribution in [2.75, 3.05) is 6.54 Å². The van der Waals surface area contributed by atoms with Gasteiger partial charge in [0, 0.05) is 23.4 Å². The van der Waals surface area contributed by atoms with Crippen LogP contribution in [0, 0.1) is 6.92 Å². The van der Waals surface area contributed by atoms with Crippen molar-refractivity contribution in [1.29, 1.82) is 0 Å². The lowest BCUT2D eigenvalue weighted by molar-refractivity contribution is 0.721. The van der Waals surface area contributed by atoms with Crippen LogP contribution in [0.3, 0.4) is 0 Å². The molecule has 3 nitrogen and oxygen atoms in total. The first-order valence-electron chi connectivity index (χ1n) is 6.14. The zero-order valence-electron chi connectivity index (χ0n) is 11.0. The van der Waals surface area contributed by atoms with E-state index < -0.39 is 0 Å². The first-order valence-corrected chi connectivity index (χ1v) is 7.75. The molecule has 1 N–H and O–H groups in total. The number of aryl methyl sites for hydroxylation is 1. The zero-order valence-corrected chi connectivity index (χ0v) is 13.4. The minimum absolute atomic E-state index is 0.867. The molecule has 0 amide bonds. The van der Waals surface area contributed by atoms with Crippen molar-refractivity contribution < 1.29 is 0 Å². The molecule has 0 fully saturated rings. The maximum atomic E-state index is 4.52. The van der Waals surface area contributed by atoms with E-state index in [9.17, 15) is 0 Å². The molecule has 0 saturated carbocycles. The predicted molar refractivity (Wildman–Crippen MR) is 82.4 cm³/mol. The highest BCUT2D eigenvalue weighted by Gasteiger charge is 2.05. The summed E-state index contributed by atoms with van der Waals surface area (Å²) in [5.41, 5.74) is 2.40. The van der Waals surface area contributed by atoms with Gasteiger partial charge in [0.25, 0.3) is 0 Å². The van der Waals surface area contributed by atoms with Crippen molar-refractivity contribution in [3.8, 4) is 0 Å². The maximum Gasteiger partial charge on any atom is 0.105 e. The van der Waals surface area contributed by atoms with E-state index in [0.717, 1.165) is 27.6 Å². The first-order chi connectivity index (χ1) is 9.19. The van der Waals surface area contributed by atoms with Gasteiger partial charge in [-0.3, -0.25) is 0 Å². The van der Waals surface area contributed by atoms with Gasteiger partial charge >= 0.3 is 0 Å². The second-order valence-corrected chi connectivity index (χ2v) is 6.09. The van der Waals surface area contributed by atoms with Crippen LogP contribution in [0.1, 0.15) is 18.1 Å². The molecule has 0 saturated heterocycles. The third kappa shape index (κ3) is 4.30. The van der Waals surface area contributed by atoms with E-state index in [2.05, 4.69) is 51.1 Å². The number of hydrogen-bond acceptors (Lipinski definition) is 4. The highest BCUT2D eigenvalue weighted by molar-refractivity contribution is 9.10. The fourth-order valence-corrected chi connectivity index (χ4v) is 2.61. The Labute approximate surface area is 126 Å². The van der Waals surface area contributed by atoms with Gasteiger partial charge < -0.3 is 5.32 Å². The Bertz CT molecular complexity index is 543. The van der Waals surface area contributed by atoms with E-state index in [1.54, 1.807) is 18.0 Å². The number of pyridine rings is 2. The van der Waals surface area contributed by atoms with Crippen LogP contribution in [-0.4, -0.2) is 16.5 Å². The Morgan fingerprint density at radius 3 is 2.74 bits per heavy atom. The van der Waals surface area contributed by atoms with Gasteiger partial charge in [-0.1, -0.05) is 13.0 Å². The van der Waals surface area contributed by atoms with Crippen LogP contribution >= 0.6 is 27.7 Å². The Morgan fingerprint density at radius 1 is 1.26 bits per heavy atom. The fourth-order valence-electron chi connectivity index (χ4n) is 1.61. The molecule has 2 rings (SSSR count). The summed E-state index contributed by atoms with van der Waals surface area (Å²) in [6, 6.07) is 6.16. The average Bonchev–Trinajstić information content (AvgIpc) is 2.41. The minimum atomic E-state index is 0.867. The molecule has 2 aromatic heterocycles. The molecule has 5 heteroatoms. The van der Waals surface area contributed by atoms with E-state index in [4.69, 9.17) is 0 Å². The Morgan fingerprint density at radius 2 is 2.11 bits per heavy atom. The van der Waals surface area contributed by atoms with E-state index in [0.29, 0.717) is 0 Å². The second kappa shape index (κ2) is 7.03. The molecular formula is C14H16BrN3S. The second-order valence-electron chi connectivity index (χ2n) is 4.16. The number of hydrogen-bond donors (Lipinski definition) is 1. The van der Waals surface area contributed by atoms with Gasteiger partial charge in [0.15, 0.2) is 0 Å². The summed E-state index contributed by atoms with van der Waals surface area (Å²) in [6.07, 6.45) is 3.73. The van der Waals surface area contributed by atoms with Crippen LogP contribution < -0.4 is 5.32 Å². The van der Waals surface area contributed by atoms with Gasteiger partial charge in [0.2, 0.25) is 0 Å². The van der Waals surface area contributed by atoms with Crippen molar-refractivity contribution >= 4 is 27.7 Å². The average molecular weight is 338 g/mol. The smallest absolute Gasteiger partial charge is 0.105 e. The first kappa shape index (κ1) is 14.5. The van der Waals surface area contributed by atoms with E-state index in [1.807, 2.05) is 18.3 Å². The molecule has 0 aliphatic heterocycles. The summed E-state index contributed by atoms with van der Waals surface area (Å²) in [6.45, 7) is 6.03. The highest BCUT2D eigenvalue weighted by Crippen LogP contribution is 2.27. The van der Waals surface area contributed by atoms with Crippen molar-refractivity contribution in [2.24, 2.45) is 0 Å². The molecular weight excluding hydrogens is 322 g/mol.